The zero-order valence-electron chi connectivity index (χ0n) is 19.5. The van der Waals surface area contributed by atoms with Crippen LogP contribution < -0.4 is 15.1 Å². The van der Waals surface area contributed by atoms with Crippen LogP contribution in [-0.2, 0) is 17.7 Å². The molecule has 0 unspecified atom stereocenters. The smallest absolute Gasteiger partial charge is 0.322 e. The minimum Gasteiger partial charge on any atom is -0.378 e. The number of urea groups is 1. The lowest BCUT2D eigenvalue weighted by atomic mass is 9.95. The minimum atomic E-state index is -0.0804. The third kappa shape index (κ3) is 4.90. The average Bonchev–Trinajstić information content (AvgIpc) is 2.89. The number of amides is 2. The Balaban J connectivity index is 1.41. The summed E-state index contributed by atoms with van der Waals surface area (Å²) in [7, 11) is 2.14. The van der Waals surface area contributed by atoms with Gasteiger partial charge in [-0.1, -0.05) is 37.5 Å². The normalized spacial score (nSPS) is 19.2. The molecule has 176 valence electrons. The van der Waals surface area contributed by atoms with Crippen molar-refractivity contribution in [1.82, 2.24) is 14.9 Å². The molecule has 2 aromatic rings. The number of nitrogens with one attached hydrogen (secondary N) is 1. The molecule has 8 heteroatoms. The van der Waals surface area contributed by atoms with Crippen LogP contribution in [0.1, 0.15) is 43.4 Å². The van der Waals surface area contributed by atoms with Crippen molar-refractivity contribution in [1.29, 1.82) is 0 Å². The maximum absolute atomic E-state index is 13.0. The second-order valence-corrected chi connectivity index (χ2v) is 9.24. The predicted molar refractivity (Wildman–Crippen MR) is 130 cm³/mol. The number of aromatic nitrogens is 2. The molecule has 2 fully saturated rings. The molecule has 2 aliphatic heterocycles. The Morgan fingerprint density at radius 2 is 1.82 bits per heavy atom. The average molecular weight is 451 g/mol. The van der Waals surface area contributed by atoms with Crippen LogP contribution in [-0.4, -0.2) is 66.8 Å². The molecular weight excluding hydrogens is 416 g/mol. The van der Waals surface area contributed by atoms with E-state index in [4.69, 9.17) is 14.7 Å². The number of fused-ring (bicyclic) bond motifs is 1. The molecule has 0 spiro atoms. The second kappa shape index (κ2) is 9.95. The maximum atomic E-state index is 13.0. The molecule has 1 saturated carbocycles. The summed E-state index contributed by atoms with van der Waals surface area (Å²) in [6.07, 6.45) is 7.04. The van der Waals surface area contributed by atoms with Crippen molar-refractivity contribution < 1.29 is 9.53 Å². The first kappa shape index (κ1) is 21.9. The fourth-order valence-electron chi connectivity index (χ4n) is 5.11. The van der Waals surface area contributed by atoms with Gasteiger partial charge in [0.2, 0.25) is 5.95 Å². The standard InChI is InChI=1S/C25H34N6O2/c1-29(20-10-6-3-7-11-20)24-27-22-12-13-31(25(32)26-19-8-4-2-5-9-19)18-21(22)23(28-24)30-14-16-33-17-15-30/h2,4-5,8-9,20H,3,6-7,10-18H2,1H3,(H,26,32). The van der Waals surface area contributed by atoms with E-state index in [-0.39, 0.29) is 6.03 Å². The van der Waals surface area contributed by atoms with Crippen LogP contribution in [0.4, 0.5) is 22.2 Å². The first-order valence-electron chi connectivity index (χ1n) is 12.3. The van der Waals surface area contributed by atoms with E-state index in [2.05, 4.69) is 22.2 Å². The summed E-state index contributed by atoms with van der Waals surface area (Å²) in [6.45, 7) is 4.19. The molecule has 2 amide bonds. The van der Waals surface area contributed by atoms with Gasteiger partial charge in [0, 0.05) is 50.4 Å². The van der Waals surface area contributed by atoms with Gasteiger partial charge >= 0.3 is 6.03 Å². The summed E-state index contributed by atoms with van der Waals surface area (Å²) in [4.78, 5) is 29.6. The zero-order valence-corrected chi connectivity index (χ0v) is 19.5. The van der Waals surface area contributed by atoms with Crippen molar-refractivity contribution >= 4 is 23.5 Å². The van der Waals surface area contributed by atoms with Crippen molar-refractivity contribution in [2.24, 2.45) is 0 Å². The lowest BCUT2D eigenvalue weighted by molar-refractivity contribution is 0.122. The van der Waals surface area contributed by atoms with E-state index in [0.717, 1.165) is 48.2 Å². The number of hydrogen-bond acceptors (Lipinski definition) is 6. The first-order valence-corrected chi connectivity index (χ1v) is 12.3. The van der Waals surface area contributed by atoms with E-state index >= 15 is 0 Å². The van der Waals surface area contributed by atoms with E-state index in [1.54, 1.807) is 0 Å². The van der Waals surface area contributed by atoms with Crippen molar-refractivity contribution in [2.45, 2.75) is 51.1 Å². The van der Waals surface area contributed by atoms with Gasteiger partial charge in [-0.2, -0.15) is 4.98 Å². The Hall–Kier alpha value is -2.87. The number of para-hydroxylation sites is 1. The third-order valence-corrected chi connectivity index (χ3v) is 7.09. The van der Waals surface area contributed by atoms with Gasteiger partial charge in [0.1, 0.15) is 5.82 Å². The number of anilines is 3. The Labute approximate surface area is 195 Å². The van der Waals surface area contributed by atoms with Crippen molar-refractivity contribution in [3.05, 3.63) is 41.6 Å². The molecule has 1 saturated heterocycles. The molecule has 1 N–H and O–H groups in total. The highest BCUT2D eigenvalue weighted by Crippen LogP contribution is 2.32. The minimum absolute atomic E-state index is 0.0804. The Morgan fingerprint density at radius 3 is 2.58 bits per heavy atom. The highest BCUT2D eigenvalue weighted by Gasteiger charge is 2.30. The third-order valence-electron chi connectivity index (χ3n) is 7.09. The van der Waals surface area contributed by atoms with Crippen LogP contribution in [0.5, 0.6) is 0 Å². The zero-order chi connectivity index (χ0) is 22.6. The number of ether oxygens (including phenoxy) is 1. The topological polar surface area (TPSA) is 73.8 Å². The maximum Gasteiger partial charge on any atom is 0.322 e. The van der Waals surface area contributed by atoms with Gasteiger partial charge in [-0.05, 0) is 25.0 Å². The summed E-state index contributed by atoms with van der Waals surface area (Å²) < 4.78 is 5.59. The van der Waals surface area contributed by atoms with Crippen molar-refractivity contribution in [2.75, 3.05) is 55.0 Å². The number of nitrogens with zero attached hydrogens (tertiary/aromatic N) is 5. The van der Waals surface area contributed by atoms with E-state index in [9.17, 15) is 4.79 Å². The molecule has 0 atom stereocenters. The molecule has 1 aromatic heterocycles. The Kier molecular flexibility index (Phi) is 6.62. The van der Waals surface area contributed by atoms with Crippen LogP contribution in [0.25, 0.3) is 0 Å². The largest absolute Gasteiger partial charge is 0.378 e. The molecule has 3 heterocycles. The summed E-state index contributed by atoms with van der Waals surface area (Å²) in [5.41, 5.74) is 2.96. The summed E-state index contributed by atoms with van der Waals surface area (Å²) in [5, 5.41) is 3.02. The first-order chi connectivity index (χ1) is 16.2. The number of benzene rings is 1. The quantitative estimate of drug-likeness (QED) is 0.766. The molecule has 8 nitrogen and oxygen atoms in total. The lowest BCUT2D eigenvalue weighted by Crippen LogP contribution is -2.43. The Bertz CT molecular complexity index is 957. The number of carbonyl (C=O) groups excluding carboxylic acids is 1. The predicted octanol–water partition coefficient (Wildman–Crippen LogP) is 3.67. The number of morpholine rings is 1. The Morgan fingerprint density at radius 1 is 1.06 bits per heavy atom. The SMILES string of the molecule is CN(c1nc2c(c(N3CCOCC3)n1)CN(C(=O)Nc1ccccc1)CC2)C1CCCCC1. The highest BCUT2D eigenvalue weighted by atomic mass is 16.5. The van der Waals surface area contributed by atoms with E-state index in [0.29, 0.717) is 32.3 Å². The van der Waals surface area contributed by atoms with Gasteiger partial charge in [0.05, 0.1) is 25.5 Å². The van der Waals surface area contributed by atoms with E-state index in [1.807, 2.05) is 35.2 Å². The van der Waals surface area contributed by atoms with Crippen molar-refractivity contribution in [3.8, 4) is 0 Å². The van der Waals surface area contributed by atoms with Gasteiger partial charge in [-0.25, -0.2) is 9.78 Å². The monoisotopic (exact) mass is 450 g/mol. The van der Waals surface area contributed by atoms with E-state index in [1.165, 1.54) is 32.1 Å². The molecule has 0 radical (unpaired) electrons. The van der Waals surface area contributed by atoms with Crippen LogP contribution >= 0.6 is 0 Å². The van der Waals surface area contributed by atoms with Gasteiger partial charge in [0.15, 0.2) is 0 Å². The number of carbonyl (C=O) groups is 1. The van der Waals surface area contributed by atoms with Crippen LogP contribution in [0.2, 0.25) is 0 Å². The lowest BCUT2D eigenvalue weighted by Gasteiger charge is -2.36. The van der Waals surface area contributed by atoms with Crippen LogP contribution in [0.3, 0.4) is 0 Å². The molecular formula is C25H34N6O2. The highest BCUT2D eigenvalue weighted by molar-refractivity contribution is 5.89. The fraction of sp³-hybridized carbons (Fsp3) is 0.560. The summed E-state index contributed by atoms with van der Waals surface area (Å²) >= 11 is 0. The van der Waals surface area contributed by atoms with Crippen LogP contribution in [0.15, 0.2) is 30.3 Å². The molecule has 3 aliphatic rings. The van der Waals surface area contributed by atoms with Gasteiger partial charge in [0.25, 0.3) is 0 Å². The fourth-order valence-corrected chi connectivity index (χ4v) is 5.11. The second-order valence-electron chi connectivity index (χ2n) is 9.24. The molecule has 33 heavy (non-hydrogen) atoms. The van der Waals surface area contributed by atoms with Gasteiger partial charge < -0.3 is 24.8 Å². The van der Waals surface area contributed by atoms with E-state index < -0.39 is 0 Å². The molecule has 0 bridgehead atoms. The molecule has 1 aliphatic carbocycles. The van der Waals surface area contributed by atoms with Crippen molar-refractivity contribution in [3.63, 3.8) is 0 Å². The molecule has 1 aromatic carbocycles. The summed E-state index contributed by atoms with van der Waals surface area (Å²) in [6, 6.07) is 10.0. The number of hydrogen-bond donors (Lipinski definition) is 1. The van der Waals surface area contributed by atoms with Gasteiger partial charge in [-0.15, -0.1) is 0 Å². The summed E-state index contributed by atoms with van der Waals surface area (Å²) in [5.74, 6) is 1.79. The van der Waals surface area contributed by atoms with Crippen LogP contribution in [0, 0.1) is 0 Å². The van der Waals surface area contributed by atoms with Gasteiger partial charge in [-0.3, -0.25) is 0 Å². The molecule has 5 rings (SSSR count). The number of rotatable bonds is 4.